The fraction of sp³-hybridized carbons (Fsp3) is 0.600. The fourth-order valence-electron chi connectivity index (χ4n) is 1.46. The van der Waals surface area contributed by atoms with Crippen LogP contribution < -0.4 is 0 Å². The van der Waals surface area contributed by atoms with E-state index in [0.717, 1.165) is 0 Å². The first-order chi connectivity index (χ1) is 5.65. The zero-order valence-electron chi connectivity index (χ0n) is 7.82. The van der Waals surface area contributed by atoms with Crippen molar-refractivity contribution < 1.29 is 10.1 Å². The van der Waals surface area contributed by atoms with Gasteiger partial charge in [0, 0.05) is 5.92 Å². The summed E-state index contributed by atoms with van der Waals surface area (Å²) in [7, 11) is 0. The van der Waals surface area contributed by atoms with Crippen molar-refractivity contribution in [3.63, 3.8) is 0 Å². The van der Waals surface area contributed by atoms with Gasteiger partial charge in [0.25, 0.3) is 0 Å². The first kappa shape index (κ1) is 9.33. The summed E-state index contributed by atoms with van der Waals surface area (Å²) in [6, 6.07) is 0. The Morgan fingerprint density at radius 2 is 2.08 bits per heavy atom. The Bertz CT molecular complexity index is 204. The molecule has 0 radical (unpaired) electrons. The summed E-state index contributed by atoms with van der Waals surface area (Å²) in [6.07, 6.45) is 6.18. The highest BCUT2D eigenvalue weighted by molar-refractivity contribution is 5.18. The molecule has 2 atom stereocenters. The first-order valence-electron chi connectivity index (χ1n) is 4.36. The van der Waals surface area contributed by atoms with Crippen LogP contribution in [0.25, 0.3) is 0 Å². The lowest BCUT2D eigenvalue weighted by Crippen LogP contribution is -2.14. The van der Waals surface area contributed by atoms with E-state index in [1.165, 1.54) is 0 Å². The van der Waals surface area contributed by atoms with Crippen molar-refractivity contribution in [1.29, 1.82) is 0 Å². The molecular weight excluding hydrogens is 152 g/mol. The minimum atomic E-state index is 0.228. The van der Waals surface area contributed by atoms with Gasteiger partial charge < -0.3 is 4.89 Å². The molecule has 0 fully saturated rings. The van der Waals surface area contributed by atoms with E-state index < -0.39 is 0 Å². The molecule has 1 aliphatic rings. The van der Waals surface area contributed by atoms with E-state index in [2.05, 4.69) is 37.8 Å². The molecule has 0 aliphatic heterocycles. The van der Waals surface area contributed by atoms with Gasteiger partial charge in [-0.1, -0.05) is 32.9 Å². The highest BCUT2D eigenvalue weighted by atomic mass is 17.1. The molecule has 2 unspecified atom stereocenters. The minimum absolute atomic E-state index is 0.228. The normalized spacial score (nSPS) is 28.9. The van der Waals surface area contributed by atoms with Crippen molar-refractivity contribution in [3.8, 4) is 0 Å². The third-order valence-corrected chi connectivity index (χ3v) is 2.20. The summed E-state index contributed by atoms with van der Waals surface area (Å²) in [6.45, 7) is 6.28. The predicted octanol–water partition coefficient (Wildman–Crippen LogP) is 2.84. The molecule has 68 valence electrons. The minimum Gasteiger partial charge on any atom is -0.344 e. The van der Waals surface area contributed by atoms with Crippen LogP contribution in [0.15, 0.2) is 24.0 Å². The highest BCUT2D eigenvalue weighted by Gasteiger charge is 2.21. The Hall–Kier alpha value is -0.760. The van der Waals surface area contributed by atoms with Gasteiger partial charge in [0.05, 0.1) is 0 Å². The van der Waals surface area contributed by atoms with Gasteiger partial charge in [0.15, 0.2) is 0 Å². The van der Waals surface area contributed by atoms with Gasteiger partial charge in [0.2, 0.25) is 0 Å². The van der Waals surface area contributed by atoms with Gasteiger partial charge >= 0.3 is 0 Å². The Balaban J connectivity index is 2.76. The molecule has 1 rings (SSSR count). The predicted molar refractivity (Wildman–Crippen MR) is 48.4 cm³/mol. The molecule has 0 saturated carbocycles. The van der Waals surface area contributed by atoms with Crippen molar-refractivity contribution in [1.82, 2.24) is 0 Å². The maximum atomic E-state index is 8.63. The van der Waals surface area contributed by atoms with E-state index >= 15 is 0 Å². The van der Waals surface area contributed by atoms with Crippen molar-refractivity contribution in [2.24, 2.45) is 17.8 Å². The van der Waals surface area contributed by atoms with Crippen molar-refractivity contribution in [3.05, 3.63) is 24.0 Å². The van der Waals surface area contributed by atoms with E-state index in [1.807, 2.05) is 6.08 Å². The van der Waals surface area contributed by atoms with Crippen LogP contribution in [0.1, 0.15) is 20.8 Å². The Kier molecular flexibility index (Phi) is 2.93. The summed E-state index contributed by atoms with van der Waals surface area (Å²) < 4.78 is 0. The molecule has 2 nitrogen and oxygen atoms in total. The van der Waals surface area contributed by atoms with Crippen LogP contribution in [-0.2, 0) is 4.89 Å². The lowest BCUT2D eigenvalue weighted by atomic mass is 9.87. The average molecular weight is 168 g/mol. The summed E-state index contributed by atoms with van der Waals surface area (Å²) in [5, 5.41) is 8.63. The van der Waals surface area contributed by atoms with Gasteiger partial charge in [-0.2, -0.15) is 0 Å². The number of hydrogen-bond donors (Lipinski definition) is 1. The quantitative estimate of drug-likeness (QED) is 0.390. The summed E-state index contributed by atoms with van der Waals surface area (Å²) >= 11 is 0. The van der Waals surface area contributed by atoms with Crippen molar-refractivity contribution in [2.45, 2.75) is 20.8 Å². The zero-order valence-corrected chi connectivity index (χ0v) is 7.82. The van der Waals surface area contributed by atoms with Crippen LogP contribution in [-0.4, -0.2) is 5.26 Å². The van der Waals surface area contributed by atoms with Crippen LogP contribution in [0, 0.1) is 17.8 Å². The van der Waals surface area contributed by atoms with E-state index in [0.29, 0.717) is 17.6 Å². The maximum absolute atomic E-state index is 8.63. The van der Waals surface area contributed by atoms with Gasteiger partial charge in [-0.05, 0) is 17.9 Å². The smallest absolute Gasteiger partial charge is 0.145 e. The molecule has 0 bridgehead atoms. The van der Waals surface area contributed by atoms with Crippen LogP contribution in [0.4, 0.5) is 0 Å². The number of rotatable bonds is 2. The SMILES string of the molecule is CC1C=CC(C(C)C)C(OO)=C1. The van der Waals surface area contributed by atoms with E-state index in [-0.39, 0.29) is 5.92 Å². The molecule has 0 amide bonds. The fourth-order valence-corrected chi connectivity index (χ4v) is 1.46. The lowest BCUT2D eigenvalue weighted by molar-refractivity contribution is -0.211. The topological polar surface area (TPSA) is 29.5 Å². The maximum Gasteiger partial charge on any atom is 0.145 e. The summed E-state index contributed by atoms with van der Waals surface area (Å²) in [4.78, 5) is 4.35. The molecule has 0 aromatic rings. The molecule has 0 aromatic heterocycles. The lowest BCUT2D eigenvalue weighted by Gasteiger charge is -2.22. The highest BCUT2D eigenvalue weighted by Crippen LogP contribution is 2.28. The van der Waals surface area contributed by atoms with Gasteiger partial charge in [0.1, 0.15) is 5.76 Å². The molecule has 12 heavy (non-hydrogen) atoms. The van der Waals surface area contributed by atoms with Crippen molar-refractivity contribution in [2.75, 3.05) is 0 Å². The van der Waals surface area contributed by atoms with Gasteiger partial charge in [-0.25, -0.2) is 5.26 Å². The van der Waals surface area contributed by atoms with Gasteiger partial charge in [-0.3, -0.25) is 0 Å². The third-order valence-electron chi connectivity index (χ3n) is 2.20. The average Bonchev–Trinajstić information content (AvgIpc) is 2.03. The number of allylic oxidation sites excluding steroid dienone is 3. The van der Waals surface area contributed by atoms with Crippen LogP contribution in [0.5, 0.6) is 0 Å². The molecule has 0 spiro atoms. The largest absolute Gasteiger partial charge is 0.344 e. The Morgan fingerprint density at radius 1 is 1.42 bits per heavy atom. The van der Waals surface area contributed by atoms with E-state index in [9.17, 15) is 0 Å². The van der Waals surface area contributed by atoms with Crippen molar-refractivity contribution >= 4 is 0 Å². The first-order valence-corrected chi connectivity index (χ1v) is 4.36. The third kappa shape index (κ3) is 1.89. The van der Waals surface area contributed by atoms with E-state index in [4.69, 9.17) is 5.26 Å². The zero-order chi connectivity index (χ0) is 9.14. The van der Waals surface area contributed by atoms with Crippen LogP contribution >= 0.6 is 0 Å². The molecule has 1 N–H and O–H groups in total. The number of hydrogen-bond acceptors (Lipinski definition) is 2. The van der Waals surface area contributed by atoms with E-state index in [1.54, 1.807) is 0 Å². The summed E-state index contributed by atoms with van der Waals surface area (Å²) in [5.74, 6) is 1.74. The Morgan fingerprint density at radius 3 is 2.58 bits per heavy atom. The molecular formula is C10H16O2. The molecule has 2 heteroatoms. The monoisotopic (exact) mass is 168 g/mol. The molecule has 0 heterocycles. The molecule has 0 saturated heterocycles. The molecule has 1 aliphatic carbocycles. The Labute approximate surface area is 73.5 Å². The van der Waals surface area contributed by atoms with Gasteiger partial charge in [-0.15, -0.1) is 0 Å². The second-order valence-corrected chi connectivity index (χ2v) is 3.67. The second-order valence-electron chi connectivity index (χ2n) is 3.67. The molecule has 0 aromatic carbocycles. The standard InChI is InChI=1S/C10H16O2/c1-7(2)9-5-4-8(3)6-10(9)12-11/h4-9,11H,1-3H3. The van der Waals surface area contributed by atoms with Crippen LogP contribution in [0.2, 0.25) is 0 Å². The second kappa shape index (κ2) is 3.76. The van der Waals surface area contributed by atoms with Crippen LogP contribution in [0.3, 0.4) is 0 Å². The summed E-state index contributed by atoms with van der Waals surface area (Å²) in [5.41, 5.74) is 0.